The fourth-order valence-electron chi connectivity index (χ4n) is 3.54. The Kier molecular flexibility index (Phi) is 7.04. The van der Waals surface area contributed by atoms with Crippen molar-refractivity contribution in [1.82, 2.24) is 5.32 Å². The van der Waals surface area contributed by atoms with Crippen LogP contribution in [0.3, 0.4) is 0 Å². The van der Waals surface area contributed by atoms with Gasteiger partial charge in [-0.25, -0.2) is 4.79 Å². The molecule has 1 heterocycles. The molecule has 0 aliphatic heterocycles. The predicted molar refractivity (Wildman–Crippen MR) is 113 cm³/mol. The third-order valence-electron chi connectivity index (χ3n) is 5.51. The molecule has 7 heteroatoms. The number of carbonyl (C=O) groups is 3. The van der Waals surface area contributed by atoms with Gasteiger partial charge in [-0.1, -0.05) is 32.8 Å². The highest BCUT2D eigenvalue weighted by Gasteiger charge is 2.28. The van der Waals surface area contributed by atoms with Crippen LogP contribution in [0.25, 0.3) is 0 Å². The smallest absolute Gasteiger partial charge is 0.338 e. The van der Waals surface area contributed by atoms with E-state index < -0.39 is 5.97 Å². The van der Waals surface area contributed by atoms with Crippen molar-refractivity contribution in [2.45, 2.75) is 39.2 Å². The topological polar surface area (TPSA) is 84.5 Å². The van der Waals surface area contributed by atoms with Gasteiger partial charge in [0.15, 0.2) is 6.61 Å². The summed E-state index contributed by atoms with van der Waals surface area (Å²) < 4.78 is 5.14. The number of rotatable bonds is 6. The maximum Gasteiger partial charge on any atom is 0.338 e. The van der Waals surface area contributed by atoms with Crippen LogP contribution < -0.4 is 10.6 Å². The molecule has 3 atom stereocenters. The van der Waals surface area contributed by atoms with Crippen LogP contribution in [0.1, 0.15) is 53.1 Å². The lowest BCUT2D eigenvalue weighted by Gasteiger charge is -2.34. The van der Waals surface area contributed by atoms with Crippen LogP contribution in [0, 0.1) is 11.8 Å². The van der Waals surface area contributed by atoms with Gasteiger partial charge in [0.1, 0.15) is 0 Å². The average molecular weight is 415 g/mol. The van der Waals surface area contributed by atoms with E-state index in [-0.39, 0.29) is 24.5 Å². The second kappa shape index (κ2) is 9.69. The summed E-state index contributed by atoms with van der Waals surface area (Å²) in [6, 6.07) is 10.1. The number of hydrogen-bond acceptors (Lipinski definition) is 5. The second-order valence-corrected chi connectivity index (χ2v) is 8.47. The highest BCUT2D eigenvalue weighted by Crippen LogP contribution is 2.29. The van der Waals surface area contributed by atoms with E-state index in [0.29, 0.717) is 28.0 Å². The minimum absolute atomic E-state index is 0.135. The monoisotopic (exact) mass is 414 g/mol. The molecular formula is C22H26N2O4S. The fourth-order valence-corrected chi connectivity index (χ4v) is 4.16. The molecule has 6 nitrogen and oxygen atoms in total. The van der Waals surface area contributed by atoms with Crippen LogP contribution in [-0.2, 0) is 9.53 Å². The number of carbonyl (C=O) groups excluding carboxylic acids is 3. The van der Waals surface area contributed by atoms with E-state index in [1.807, 2.05) is 11.4 Å². The summed E-state index contributed by atoms with van der Waals surface area (Å²) in [7, 11) is 0. The van der Waals surface area contributed by atoms with E-state index in [1.165, 1.54) is 17.8 Å². The number of esters is 1. The van der Waals surface area contributed by atoms with Crippen molar-refractivity contribution in [1.29, 1.82) is 0 Å². The average Bonchev–Trinajstić information content (AvgIpc) is 3.25. The molecule has 154 valence electrons. The van der Waals surface area contributed by atoms with Crippen molar-refractivity contribution in [3.8, 4) is 0 Å². The number of nitrogens with one attached hydrogen (secondary N) is 2. The summed E-state index contributed by atoms with van der Waals surface area (Å²) in [4.78, 5) is 37.0. The lowest BCUT2D eigenvalue weighted by Crippen LogP contribution is -2.45. The molecule has 0 spiro atoms. The summed E-state index contributed by atoms with van der Waals surface area (Å²) in [5.41, 5.74) is 0.907. The van der Waals surface area contributed by atoms with Crippen LogP contribution in [-0.4, -0.2) is 30.4 Å². The van der Waals surface area contributed by atoms with Gasteiger partial charge < -0.3 is 15.4 Å². The third kappa shape index (κ3) is 5.67. The Balaban J connectivity index is 1.46. The van der Waals surface area contributed by atoms with E-state index in [0.717, 1.165) is 12.8 Å². The van der Waals surface area contributed by atoms with Gasteiger partial charge in [-0.15, -0.1) is 11.3 Å². The molecule has 2 amide bonds. The molecule has 3 rings (SSSR count). The first-order valence-corrected chi connectivity index (χ1v) is 10.7. The van der Waals surface area contributed by atoms with Crippen LogP contribution in [0.4, 0.5) is 5.69 Å². The second-order valence-electron chi connectivity index (χ2n) is 7.53. The van der Waals surface area contributed by atoms with Crippen molar-refractivity contribution in [3.63, 3.8) is 0 Å². The number of amides is 2. The van der Waals surface area contributed by atoms with E-state index in [4.69, 9.17) is 4.74 Å². The van der Waals surface area contributed by atoms with Gasteiger partial charge in [-0.05, 0) is 54.0 Å². The molecule has 0 radical (unpaired) electrons. The Morgan fingerprint density at radius 1 is 1.10 bits per heavy atom. The maximum absolute atomic E-state index is 12.2. The Morgan fingerprint density at radius 3 is 2.55 bits per heavy atom. The Hall–Kier alpha value is -2.67. The molecular weight excluding hydrogens is 388 g/mol. The minimum Gasteiger partial charge on any atom is -0.452 e. The number of thiophene rings is 1. The summed E-state index contributed by atoms with van der Waals surface area (Å²) in [6.45, 7) is 4.06. The molecule has 2 N–H and O–H groups in total. The van der Waals surface area contributed by atoms with Crippen LogP contribution in [0.2, 0.25) is 0 Å². The molecule has 1 fully saturated rings. The van der Waals surface area contributed by atoms with Gasteiger partial charge in [0, 0.05) is 11.7 Å². The van der Waals surface area contributed by atoms with Gasteiger partial charge in [-0.3, -0.25) is 9.59 Å². The summed E-state index contributed by atoms with van der Waals surface area (Å²) >= 11 is 1.36. The van der Waals surface area contributed by atoms with Crippen molar-refractivity contribution in [2.75, 3.05) is 11.9 Å². The quantitative estimate of drug-likeness (QED) is 0.697. The van der Waals surface area contributed by atoms with E-state index in [1.54, 1.807) is 30.3 Å². The minimum atomic E-state index is -0.568. The van der Waals surface area contributed by atoms with E-state index >= 15 is 0 Å². The van der Waals surface area contributed by atoms with Crippen molar-refractivity contribution in [2.24, 2.45) is 11.8 Å². The normalized spacial score (nSPS) is 21.2. The largest absolute Gasteiger partial charge is 0.452 e. The van der Waals surface area contributed by atoms with Gasteiger partial charge in [0.25, 0.3) is 11.8 Å². The van der Waals surface area contributed by atoms with E-state index in [9.17, 15) is 14.4 Å². The molecule has 1 aromatic heterocycles. The number of benzene rings is 1. The first kappa shape index (κ1) is 21.0. The molecule has 2 aromatic rings. The Labute approximate surface area is 174 Å². The van der Waals surface area contributed by atoms with E-state index in [2.05, 4.69) is 24.5 Å². The van der Waals surface area contributed by atoms with Gasteiger partial charge in [-0.2, -0.15) is 0 Å². The zero-order valence-corrected chi connectivity index (χ0v) is 17.5. The first-order chi connectivity index (χ1) is 13.9. The first-order valence-electron chi connectivity index (χ1n) is 9.85. The standard InChI is InChI=1S/C22H26N2O4S/c1-14-5-3-6-18(15(14)2)24-20(25)13-28-22(27)16-8-10-17(11-9-16)23-21(26)19-7-4-12-29-19/h4,7-12,14-15,18H,3,5-6,13H2,1-2H3,(H,23,26)(H,24,25)/t14-,15-,18+/m1/s1. The van der Waals surface area contributed by atoms with Crippen LogP contribution in [0.15, 0.2) is 41.8 Å². The van der Waals surface area contributed by atoms with Gasteiger partial charge in [0.2, 0.25) is 0 Å². The zero-order valence-electron chi connectivity index (χ0n) is 16.6. The number of anilines is 1. The fraction of sp³-hybridized carbons (Fsp3) is 0.409. The molecule has 1 saturated carbocycles. The summed E-state index contributed by atoms with van der Waals surface area (Å²) in [5.74, 6) is -0.0421. The Bertz CT molecular complexity index is 848. The van der Waals surface area contributed by atoms with Crippen molar-refractivity contribution >= 4 is 34.8 Å². The zero-order chi connectivity index (χ0) is 20.8. The van der Waals surface area contributed by atoms with Crippen molar-refractivity contribution < 1.29 is 19.1 Å². The molecule has 29 heavy (non-hydrogen) atoms. The summed E-state index contributed by atoms with van der Waals surface area (Å²) in [5, 5.41) is 7.59. The molecule has 1 aliphatic carbocycles. The molecule has 0 saturated heterocycles. The highest BCUT2D eigenvalue weighted by atomic mass is 32.1. The SMILES string of the molecule is C[C@@H]1[C@H](C)CCC[C@@H]1NC(=O)COC(=O)c1ccc(NC(=O)c2cccs2)cc1. The predicted octanol–water partition coefficient (Wildman–Crippen LogP) is 4.10. The lowest BCUT2D eigenvalue weighted by atomic mass is 9.78. The number of hydrogen-bond donors (Lipinski definition) is 2. The number of ether oxygens (including phenoxy) is 1. The third-order valence-corrected chi connectivity index (χ3v) is 6.38. The van der Waals surface area contributed by atoms with Gasteiger partial charge >= 0.3 is 5.97 Å². The van der Waals surface area contributed by atoms with Gasteiger partial charge in [0.05, 0.1) is 10.4 Å². The lowest BCUT2D eigenvalue weighted by molar-refractivity contribution is -0.125. The molecule has 0 bridgehead atoms. The Morgan fingerprint density at radius 2 is 1.86 bits per heavy atom. The molecule has 0 unspecified atom stereocenters. The summed E-state index contributed by atoms with van der Waals surface area (Å²) in [6.07, 6.45) is 3.25. The van der Waals surface area contributed by atoms with Crippen LogP contribution >= 0.6 is 11.3 Å². The molecule has 1 aliphatic rings. The highest BCUT2D eigenvalue weighted by molar-refractivity contribution is 7.12. The van der Waals surface area contributed by atoms with Crippen molar-refractivity contribution in [3.05, 3.63) is 52.2 Å². The maximum atomic E-state index is 12.2. The molecule has 1 aromatic carbocycles. The van der Waals surface area contributed by atoms with Crippen LogP contribution in [0.5, 0.6) is 0 Å².